The van der Waals surface area contributed by atoms with Crippen molar-refractivity contribution in [3.63, 3.8) is 0 Å². The molecule has 1 saturated carbocycles. The van der Waals surface area contributed by atoms with Crippen LogP contribution in [-0.4, -0.2) is 31.2 Å². The Morgan fingerprint density at radius 1 is 1.22 bits per heavy atom. The Morgan fingerprint density at radius 3 is 2.70 bits per heavy atom. The number of benzene rings is 1. The molecule has 6 nitrogen and oxygen atoms in total. The second-order valence-corrected chi connectivity index (χ2v) is 6.80. The van der Waals surface area contributed by atoms with Gasteiger partial charge in [0.15, 0.2) is 11.5 Å². The number of nitrogens with zero attached hydrogens (tertiary/aromatic N) is 1. The van der Waals surface area contributed by atoms with Gasteiger partial charge in [0.2, 0.25) is 5.91 Å². The third-order valence-corrected chi connectivity index (χ3v) is 4.49. The van der Waals surface area contributed by atoms with Crippen LogP contribution in [0.4, 0.5) is 0 Å². The summed E-state index contributed by atoms with van der Waals surface area (Å²) in [6, 6.07) is 9.35. The molecule has 2 aromatic rings. The molecule has 1 heterocycles. The first-order chi connectivity index (χ1) is 13.2. The molecule has 1 aliphatic carbocycles. The minimum atomic E-state index is -0.148. The third-order valence-electron chi connectivity index (χ3n) is 4.49. The molecule has 27 heavy (non-hydrogen) atoms. The average Bonchev–Trinajstić information content (AvgIpc) is 3.51. The molecule has 1 amide bonds. The first kappa shape index (κ1) is 19.2. The molecule has 0 bridgehead atoms. The third kappa shape index (κ3) is 5.96. The number of methoxy groups -OCH3 is 1. The number of aromatic nitrogens is 1. The van der Waals surface area contributed by atoms with Crippen molar-refractivity contribution in [3.8, 4) is 11.5 Å². The zero-order valence-electron chi connectivity index (χ0n) is 15.8. The highest BCUT2D eigenvalue weighted by Gasteiger charge is 2.21. The molecular formula is C21H26N2O4. The van der Waals surface area contributed by atoms with E-state index < -0.39 is 0 Å². The Bertz CT molecular complexity index is 747. The molecule has 144 valence electrons. The lowest BCUT2D eigenvalue weighted by atomic mass is 10.1. The zero-order chi connectivity index (χ0) is 19.1. The van der Waals surface area contributed by atoms with E-state index in [9.17, 15) is 4.79 Å². The summed E-state index contributed by atoms with van der Waals surface area (Å²) in [7, 11) is 1.60. The van der Waals surface area contributed by atoms with Crippen LogP contribution in [0.25, 0.3) is 0 Å². The lowest BCUT2D eigenvalue weighted by Crippen LogP contribution is -2.30. The second-order valence-electron chi connectivity index (χ2n) is 6.80. The minimum absolute atomic E-state index is 0.102. The summed E-state index contributed by atoms with van der Waals surface area (Å²) >= 11 is 0. The van der Waals surface area contributed by atoms with E-state index in [0.29, 0.717) is 30.6 Å². The largest absolute Gasteiger partial charge is 0.493 e. The zero-order valence-corrected chi connectivity index (χ0v) is 15.8. The minimum Gasteiger partial charge on any atom is -0.493 e. The van der Waals surface area contributed by atoms with Crippen molar-refractivity contribution < 1.29 is 19.0 Å². The number of pyridine rings is 1. The topological polar surface area (TPSA) is 69.7 Å². The summed E-state index contributed by atoms with van der Waals surface area (Å²) in [6.07, 6.45) is 5.90. The van der Waals surface area contributed by atoms with E-state index in [1.807, 2.05) is 37.3 Å². The van der Waals surface area contributed by atoms with Gasteiger partial charge >= 0.3 is 0 Å². The van der Waals surface area contributed by atoms with E-state index >= 15 is 0 Å². The maximum atomic E-state index is 12.0. The van der Waals surface area contributed by atoms with Crippen LogP contribution in [0.5, 0.6) is 11.5 Å². The molecule has 0 saturated heterocycles. The van der Waals surface area contributed by atoms with Gasteiger partial charge in [0.25, 0.3) is 0 Å². The van der Waals surface area contributed by atoms with E-state index in [0.717, 1.165) is 11.1 Å². The highest BCUT2D eigenvalue weighted by Crippen LogP contribution is 2.31. The van der Waals surface area contributed by atoms with Crippen LogP contribution in [0.3, 0.4) is 0 Å². The van der Waals surface area contributed by atoms with Crippen LogP contribution in [-0.2, 0) is 16.1 Å². The van der Waals surface area contributed by atoms with Gasteiger partial charge in [0.1, 0.15) is 13.2 Å². The number of amides is 1. The predicted octanol–water partition coefficient (Wildman–Crippen LogP) is 3.27. The Balaban J connectivity index is 1.54. The van der Waals surface area contributed by atoms with Crippen molar-refractivity contribution >= 4 is 5.91 Å². The van der Waals surface area contributed by atoms with E-state index in [4.69, 9.17) is 14.2 Å². The summed E-state index contributed by atoms with van der Waals surface area (Å²) < 4.78 is 16.7. The number of rotatable bonds is 10. The molecule has 1 aromatic heterocycles. The molecule has 3 rings (SSSR count). The van der Waals surface area contributed by atoms with E-state index in [1.54, 1.807) is 19.5 Å². The Kier molecular flexibility index (Phi) is 6.65. The van der Waals surface area contributed by atoms with E-state index in [-0.39, 0.29) is 18.6 Å². The molecule has 1 aromatic carbocycles. The molecule has 0 spiro atoms. The number of nitrogens with one attached hydrogen (secondary N) is 1. The monoisotopic (exact) mass is 370 g/mol. The Labute approximate surface area is 159 Å². The molecule has 1 aliphatic rings. The smallest absolute Gasteiger partial charge is 0.246 e. The van der Waals surface area contributed by atoms with Crippen molar-refractivity contribution in [1.29, 1.82) is 0 Å². The number of carbonyl (C=O) groups is 1. The van der Waals surface area contributed by atoms with Crippen LogP contribution in [0.2, 0.25) is 0 Å². The van der Waals surface area contributed by atoms with Crippen molar-refractivity contribution in [2.75, 3.05) is 20.3 Å². The fraction of sp³-hybridized carbons (Fsp3) is 0.429. The fourth-order valence-corrected chi connectivity index (χ4v) is 2.68. The van der Waals surface area contributed by atoms with Gasteiger partial charge in [-0.1, -0.05) is 6.07 Å². The van der Waals surface area contributed by atoms with Crippen LogP contribution >= 0.6 is 0 Å². The number of carbonyl (C=O) groups excluding carboxylic acids is 1. The van der Waals surface area contributed by atoms with Crippen molar-refractivity contribution in [1.82, 2.24) is 10.3 Å². The van der Waals surface area contributed by atoms with Gasteiger partial charge in [-0.15, -0.1) is 0 Å². The summed E-state index contributed by atoms with van der Waals surface area (Å²) in [4.78, 5) is 16.0. The van der Waals surface area contributed by atoms with Gasteiger partial charge < -0.3 is 19.5 Å². The summed E-state index contributed by atoms with van der Waals surface area (Å²) in [5.74, 6) is 1.83. The van der Waals surface area contributed by atoms with Gasteiger partial charge in [-0.05, 0) is 61.1 Å². The lowest BCUT2D eigenvalue weighted by molar-refractivity contribution is -0.126. The van der Waals surface area contributed by atoms with Gasteiger partial charge in [-0.2, -0.15) is 0 Å². The van der Waals surface area contributed by atoms with Crippen molar-refractivity contribution in [2.24, 2.45) is 5.92 Å². The quantitative estimate of drug-likeness (QED) is 0.695. The predicted molar refractivity (Wildman–Crippen MR) is 102 cm³/mol. The molecule has 1 N–H and O–H groups in total. The lowest BCUT2D eigenvalue weighted by Gasteiger charge is -2.17. The maximum absolute atomic E-state index is 12.0. The summed E-state index contributed by atoms with van der Waals surface area (Å²) in [6.45, 7) is 3.15. The summed E-state index contributed by atoms with van der Waals surface area (Å²) in [5, 5.41) is 2.95. The highest BCUT2D eigenvalue weighted by atomic mass is 16.5. The Morgan fingerprint density at radius 2 is 2.00 bits per heavy atom. The molecule has 0 aliphatic heterocycles. The van der Waals surface area contributed by atoms with E-state index in [1.165, 1.54) is 12.8 Å². The van der Waals surface area contributed by atoms with Gasteiger partial charge in [-0.3, -0.25) is 9.78 Å². The molecule has 0 radical (unpaired) electrons. The molecule has 1 atom stereocenters. The SMILES string of the molecule is COc1cc(C(C)NC(=O)COCC2CC2)ccc1OCc1ccncc1. The standard InChI is InChI=1S/C21H26N2O4/c1-15(23-21(24)14-26-12-16-3-4-16)18-5-6-19(20(11-18)25-2)27-13-17-7-9-22-10-8-17/h5-11,15-16H,3-4,12-14H2,1-2H3,(H,23,24). The molecule has 1 fully saturated rings. The molecular weight excluding hydrogens is 344 g/mol. The second kappa shape index (κ2) is 9.37. The normalized spacial score (nSPS) is 14.4. The van der Waals surface area contributed by atoms with E-state index in [2.05, 4.69) is 10.3 Å². The van der Waals surface area contributed by atoms with Crippen LogP contribution < -0.4 is 14.8 Å². The Hall–Kier alpha value is -2.60. The highest BCUT2D eigenvalue weighted by molar-refractivity contribution is 5.77. The molecule has 6 heteroatoms. The maximum Gasteiger partial charge on any atom is 0.246 e. The van der Waals surface area contributed by atoms with Crippen LogP contribution in [0, 0.1) is 5.92 Å². The summed E-state index contributed by atoms with van der Waals surface area (Å²) in [5.41, 5.74) is 1.97. The average molecular weight is 370 g/mol. The first-order valence-corrected chi connectivity index (χ1v) is 9.22. The van der Waals surface area contributed by atoms with Gasteiger partial charge in [0, 0.05) is 12.4 Å². The van der Waals surface area contributed by atoms with Crippen molar-refractivity contribution in [3.05, 3.63) is 53.9 Å². The van der Waals surface area contributed by atoms with Gasteiger partial charge in [0.05, 0.1) is 19.8 Å². The van der Waals surface area contributed by atoms with Crippen molar-refractivity contribution in [2.45, 2.75) is 32.4 Å². The van der Waals surface area contributed by atoms with Crippen LogP contribution in [0.15, 0.2) is 42.7 Å². The van der Waals surface area contributed by atoms with Gasteiger partial charge in [-0.25, -0.2) is 0 Å². The van der Waals surface area contributed by atoms with Crippen LogP contribution in [0.1, 0.15) is 36.9 Å². The fourth-order valence-electron chi connectivity index (χ4n) is 2.68. The number of hydrogen-bond donors (Lipinski definition) is 1. The number of hydrogen-bond acceptors (Lipinski definition) is 5. The number of ether oxygens (including phenoxy) is 3. The molecule has 1 unspecified atom stereocenters. The first-order valence-electron chi connectivity index (χ1n) is 9.22.